The Balaban J connectivity index is 0.00000392. The minimum absolute atomic E-state index is 0. The zero-order chi connectivity index (χ0) is 20.8. The van der Waals surface area contributed by atoms with Crippen molar-refractivity contribution in [1.82, 2.24) is 5.32 Å². The third kappa shape index (κ3) is 6.75. The molecule has 0 saturated heterocycles. The van der Waals surface area contributed by atoms with Crippen LogP contribution in [0.2, 0.25) is 38.8 Å². The zero-order valence-corrected chi connectivity index (χ0v) is 24.7. The predicted octanol–water partition coefficient (Wildman–Crippen LogP) is 0.566. The fourth-order valence-electron chi connectivity index (χ4n) is 3.28. The van der Waals surface area contributed by atoms with Gasteiger partial charge in [0.2, 0.25) is 0 Å². The van der Waals surface area contributed by atoms with E-state index in [-0.39, 0.29) is 30.4 Å². The van der Waals surface area contributed by atoms with E-state index in [2.05, 4.69) is 111 Å². The van der Waals surface area contributed by atoms with Gasteiger partial charge in [0.25, 0.3) is 0 Å². The predicted molar refractivity (Wildman–Crippen MR) is 121 cm³/mol. The summed E-state index contributed by atoms with van der Waals surface area (Å²) in [6.45, 7) is 23.2. The van der Waals surface area contributed by atoms with Gasteiger partial charge in [-0.3, -0.25) is 0 Å². The van der Waals surface area contributed by atoms with Gasteiger partial charge in [-0.15, -0.1) is 0 Å². The van der Waals surface area contributed by atoms with Crippen molar-refractivity contribution in [3.8, 4) is 5.75 Å². The molecule has 0 bridgehead atoms. The van der Waals surface area contributed by atoms with Gasteiger partial charge in [0.05, 0.1) is 0 Å². The Morgan fingerprint density at radius 2 is 1.62 bits per heavy atom. The van der Waals surface area contributed by atoms with Crippen molar-refractivity contribution in [3.63, 3.8) is 0 Å². The summed E-state index contributed by atoms with van der Waals surface area (Å²) in [6.07, 6.45) is 0. The van der Waals surface area contributed by atoms with Gasteiger partial charge in [-0.2, -0.15) is 0 Å². The Morgan fingerprint density at radius 1 is 1.07 bits per heavy atom. The molecule has 0 spiro atoms. The summed E-state index contributed by atoms with van der Waals surface area (Å²) in [7, 11) is -3.18. The first-order chi connectivity index (χ1) is 12.2. The molecule has 0 heterocycles. The second-order valence-corrected chi connectivity index (χ2v) is 20.7. The quantitative estimate of drug-likeness (QED) is 0.591. The topological polar surface area (TPSA) is 21.3 Å². The molecule has 1 N–H and O–H groups in total. The van der Waals surface area contributed by atoms with Crippen molar-refractivity contribution in [2.45, 2.75) is 78.9 Å². The molecule has 0 atom stereocenters. The minimum atomic E-state index is -1.70. The molecule has 161 valence electrons. The summed E-state index contributed by atoms with van der Waals surface area (Å²) in [4.78, 5) is 0. The standard InChI is InChI=1S/C22H36NOSi2.2ClH.Ti/c1-11-26(9,10)16(2)20-18(23-22(3,4)5)15-17-13-12-14-19(21(17)20)24-25(6,7)8;;;/h12-14,23H,11H2,1-10H3;2*1H;/q;;;+2/p-2. The third-order valence-corrected chi connectivity index (χ3v) is 10.9. The third-order valence-electron chi connectivity index (χ3n) is 5.24. The van der Waals surface area contributed by atoms with Crippen LogP contribution in [0.15, 0.2) is 29.1 Å². The van der Waals surface area contributed by atoms with Crippen LogP contribution in [0.3, 0.4) is 0 Å². The van der Waals surface area contributed by atoms with E-state index in [1.54, 1.807) is 5.20 Å². The number of fused-ring (bicyclic) bond motifs is 1. The molecule has 7 heteroatoms. The van der Waals surface area contributed by atoms with Crippen molar-refractivity contribution in [2.75, 3.05) is 0 Å². The van der Waals surface area contributed by atoms with Gasteiger partial charge in [0.15, 0.2) is 0 Å². The molecule has 1 aromatic rings. The monoisotopic (exact) mass is 504 g/mol. The van der Waals surface area contributed by atoms with Crippen LogP contribution >= 0.6 is 0 Å². The Bertz CT molecular complexity index is 806. The van der Waals surface area contributed by atoms with E-state index in [9.17, 15) is 0 Å². The van der Waals surface area contributed by atoms with Gasteiger partial charge < -0.3 is 24.8 Å². The summed E-state index contributed by atoms with van der Waals surface area (Å²) in [5.74, 6) is 1.06. The van der Waals surface area contributed by atoms with Crippen molar-refractivity contribution in [1.29, 1.82) is 0 Å². The van der Waals surface area contributed by atoms with Crippen molar-refractivity contribution in [2.24, 2.45) is 0 Å². The molecule has 1 aliphatic carbocycles. The van der Waals surface area contributed by atoms with E-state index >= 15 is 0 Å². The fourth-order valence-corrected chi connectivity index (χ4v) is 6.18. The van der Waals surface area contributed by atoms with E-state index < -0.39 is 16.4 Å². The Morgan fingerprint density at radius 3 is 2.07 bits per heavy atom. The van der Waals surface area contributed by atoms with E-state index in [4.69, 9.17) is 4.43 Å². The van der Waals surface area contributed by atoms with E-state index in [0.29, 0.717) is 0 Å². The van der Waals surface area contributed by atoms with Gasteiger partial charge in [-0.05, 0) is 0 Å². The van der Waals surface area contributed by atoms with Crippen molar-refractivity contribution in [3.05, 3.63) is 40.2 Å². The summed E-state index contributed by atoms with van der Waals surface area (Å²) in [5.41, 5.74) is 5.37. The van der Waals surface area contributed by atoms with Crippen LogP contribution in [0.25, 0.3) is 9.45 Å². The first-order valence-corrected chi connectivity index (χ1v) is 17.4. The van der Waals surface area contributed by atoms with E-state index in [0.717, 1.165) is 5.75 Å². The van der Waals surface area contributed by atoms with E-state index in [1.807, 2.05) is 0 Å². The average molecular weight is 505 g/mol. The Hall–Kier alpha value is 0.0281. The molecule has 0 saturated carbocycles. The molecule has 1 aromatic carbocycles. The minimum Gasteiger partial charge on any atom is -1.00 e. The molecule has 29 heavy (non-hydrogen) atoms. The fraction of sp³-hybridized carbons (Fsp3) is 0.545. The zero-order valence-electron chi connectivity index (χ0n) is 19.6. The molecular formula is C22H36Cl2NOSi2Ti. The number of halogens is 2. The Labute approximate surface area is 204 Å². The maximum atomic E-state index is 6.56. The van der Waals surface area contributed by atoms with Crippen LogP contribution in [0, 0.1) is 0 Å². The molecule has 0 aliphatic heterocycles. The molecule has 2 nitrogen and oxygen atoms in total. The van der Waals surface area contributed by atoms with Crippen molar-refractivity contribution >= 4 is 25.8 Å². The van der Waals surface area contributed by atoms with Crippen LogP contribution in [0.5, 0.6) is 5.75 Å². The maximum absolute atomic E-state index is 6.56. The summed E-state index contributed by atoms with van der Waals surface area (Å²) >= 11 is 2.26. The smallest absolute Gasteiger partial charge is 1.00 e. The largest absolute Gasteiger partial charge is 1.00 e. The molecule has 0 radical (unpaired) electrons. The molecule has 2 rings (SSSR count). The normalized spacial score (nSPS) is 16.0. The molecule has 0 aromatic heterocycles. The number of hydrogen-bond donors (Lipinski definition) is 1. The molecule has 0 unspecified atom stereocenters. The van der Waals surface area contributed by atoms with Crippen molar-refractivity contribution < 1.29 is 49.7 Å². The molecule has 0 fully saturated rings. The first-order valence-electron chi connectivity index (χ1n) is 9.96. The van der Waals surface area contributed by atoms with Crippen LogP contribution in [-0.4, -0.2) is 21.9 Å². The molecule has 1 aliphatic rings. The van der Waals surface area contributed by atoms with Gasteiger partial charge >= 0.3 is 181 Å². The number of allylic oxidation sites excluding steroid dienone is 2. The first kappa shape index (κ1) is 29.0. The summed E-state index contributed by atoms with van der Waals surface area (Å²) < 4.78 is 7.91. The molecule has 0 amide bonds. The maximum Gasteiger partial charge on any atom is -1.00 e. The second kappa shape index (κ2) is 10.1. The summed E-state index contributed by atoms with van der Waals surface area (Å²) in [6, 6.07) is 7.81. The number of rotatable bonds is 5. The number of benzene rings is 1. The van der Waals surface area contributed by atoms with Crippen LogP contribution in [0.4, 0.5) is 0 Å². The van der Waals surface area contributed by atoms with Gasteiger partial charge in [-0.1, -0.05) is 0 Å². The second-order valence-electron chi connectivity index (χ2n) is 10.3. The van der Waals surface area contributed by atoms with Crippen LogP contribution in [-0.2, 0) is 20.4 Å². The van der Waals surface area contributed by atoms with Gasteiger partial charge in [0.1, 0.15) is 0 Å². The number of nitrogens with one attached hydrogen (secondary N) is 1. The van der Waals surface area contributed by atoms with Crippen LogP contribution in [0.1, 0.15) is 45.7 Å². The van der Waals surface area contributed by atoms with Crippen LogP contribution < -0.4 is 34.6 Å². The van der Waals surface area contributed by atoms with Gasteiger partial charge in [0, 0.05) is 0 Å². The number of hydrogen-bond acceptors (Lipinski definition) is 2. The SMILES string of the molecule is CC[Si](C)(C)C(C)=C1C(NC(C)(C)C)=[C]([Ti+2])c2cccc(O[Si](C)(C)C)c21.[Cl-].[Cl-]. The van der Waals surface area contributed by atoms with E-state index in [1.165, 1.54) is 32.3 Å². The summed E-state index contributed by atoms with van der Waals surface area (Å²) in [5, 5.41) is 5.40. The molecular weight excluding hydrogens is 469 g/mol. The average Bonchev–Trinajstić information content (AvgIpc) is 2.77. The Kier molecular flexibility index (Phi) is 10.1. The van der Waals surface area contributed by atoms with Gasteiger partial charge in [-0.25, -0.2) is 0 Å².